The molecule has 2 aromatic rings. The highest BCUT2D eigenvalue weighted by Crippen LogP contribution is 2.22. The SMILES string of the molecule is Cc1nc(COc2ccc(I)cc2C(=O)O)no1. The average molecular weight is 360 g/mol. The predicted octanol–water partition coefficient (Wildman–Crippen LogP) is 2.26. The quantitative estimate of drug-likeness (QED) is 0.842. The van der Waals surface area contributed by atoms with Gasteiger partial charge < -0.3 is 14.4 Å². The molecule has 7 heteroatoms. The minimum Gasteiger partial charge on any atom is -0.485 e. The van der Waals surface area contributed by atoms with Crippen molar-refractivity contribution in [1.29, 1.82) is 0 Å². The van der Waals surface area contributed by atoms with Crippen LogP contribution in [-0.4, -0.2) is 21.2 Å². The molecule has 0 aliphatic rings. The lowest BCUT2D eigenvalue weighted by molar-refractivity contribution is 0.0691. The molecule has 0 atom stereocenters. The number of aromatic nitrogens is 2. The Hall–Kier alpha value is -1.64. The molecule has 1 aromatic carbocycles. The van der Waals surface area contributed by atoms with Crippen LogP contribution >= 0.6 is 22.6 Å². The van der Waals surface area contributed by atoms with Gasteiger partial charge in [-0.05, 0) is 40.8 Å². The van der Waals surface area contributed by atoms with Crippen molar-refractivity contribution >= 4 is 28.6 Å². The third-order valence-electron chi connectivity index (χ3n) is 2.10. The summed E-state index contributed by atoms with van der Waals surface area (Å²) in [5.74, 6) is 0.0650. The molecule has 1 aromatic heterocycles. The number of aryl methyl sites for hydroxylation is 1. The van der Waals surface area contributed by atoms with Crippen molar-refractivity contribution in [3.05, 3.63) is 39.0 Å². The van der Waals surface area contributed by atoms with Crippen LogP contribution in [0.2, 0.25) is 0 Å². The highest BCUT2D eigenvalue weighted by Gasteiger charge is 2.13. The maximum atomic E-state index is 11.1. The van der Waals surface area contributed by atoms with E-state index >= 15 is 0 Å². The zero-order valence-corrected chi connectivity index (χ0v) is 11.5. The Balaban J connectivity index is 2.16. The maximum Gasteiger partial charge on any atom is 0.339 e. The van der Waals surface area contributed by atoms with E-state index in [-0.39, 0.29) is 17.9 Å². The first-order valence-corrected chi connectivity index (χ1v) is 6.09. The van der Waals surface area contributed by atoms with E-state index in [1.54, 1.807) is 25.1 Å². The summed E-state index contributed by atoms with van der Waals surface area (Å²) in [6.07, 6.45) is 0. The smallest absolute Gasteiger partial charge is 0.339 e. The van der Waals surface area contributed by atoms with Gasteiger partial charge in [-0.15, -0.1) is 0 Å². The number of nitrogens with zero attached hydrogens (tertiary/aromatic N) is 2. The number of hydrogen-bond acceptors (Lipinski definition) is 5. The number of ether oxygens (including phenoxy) is 1. The van der Waals surface area contributed by atoms with Crippen LogP contribution in [0.25, 0.3) is 0 Å². The first kappa shape index (κ1) is 12.8. The second-order valence-electron chi connectivity index (χ2n) is 3.46. The standard InChI is InChI=1S/C11H9IN2O4/c1-6-13-10(14-18-6)5-17-9-3-2-7(12)4-8(9)11(15)16/h2-4H,5H2,1H3,(H,15,16). The number of carbonyl (C=O) groups is 1. The van der Waals surface area contributed by atoms with Crippen LogP contribution in [0.15, 0.2) is 22.7 Å². The lowest BCUT2D eigenvalue weighted by atomic mass is 10.2. The Morgan fingerprint density at radius 1 is 1.56 bits per heavy atom. The van der Waals surface area contributed by atoms with Crippen molar-refractivity contribution in [2.24, 2.45) is 0 Å². The molecule has 18 heavy (non-hydrogen) atoms. The van der Waals surface area contributed by atoms with Crippen LogP contribution in [0, 0.1) is 10.5 Å². The van der Waals surface area contributed by atoms with Gasteiger partial charge in [-0.1, -0.05) is 5.16 Å². The molecule has 0 fully saturated rings. The van der Waals surface area contributed by atoms with Gasteiger partial charge in [0.05, 0.1) is 0 Å². The molecular formula is C11H9IN2O4. The molecule has 6 nitrogen and oxygen atoms in total. The fourth-order valence-electron chi connectivity index (χ4n) is 1.34. The summed E-state index contributed by atoms with van der Waals surface area (Å²) in [5.41, 5.74) is 0.113. The van der Waals surface area contributed by atoms with Gasteiger partial charge in [0.25, 0.3) is 0 Å². The van der Waals surface area contributed by atoms with E-state index in [4.69, 9.17) is 14.4 Å². The van der Waals surface area contributed by atoms with Crippen LogP contribution in [0.4, 0.5) is 0 Å². The maximum absolute atomic E-state index is 11.1. The molecule has 0 saturated heterocycles. The van der Waals surface area contributed by atoms with E-state index in [9.17, 15) is 4.79 Å². The van der Waals surface area contributed by atoms with Crippen molar-refractivity contribution in [1.82, 2.24) is 10.1 Å². The lowest BCUT2D eigenvalue weighted by Crippen LogP contribution is -2.04. The zero-order valence-electron chi connectivity index (χ0n) is 9.38. The normalized spacial score (nSPS) is 10.3. The minimum atomic E-state index is -1.03. The highest BCUT2D eigenvalue weighted by molar-refractivity contribution is 14.1. The summed E-state index contributed by atoms with van der Waals surface area (Å²) < 4.78 is 11.0. The molecule has 0 unspecified atom stereocenters. The van der Waals surface area contributed by atoms with E-state index in [1.165, 1.54) is 0 Å². The van der Waals surface area contributed by atoms with Gasteiger partial charge in [-0.25, -0.2) is 4.79 Å². The average Bonchev–Trinajstić information content (AvgIpc) is 2.73. The highest BCUT2D eigenvalue weighted by atomic mass is 127. The first-order valence-electron chi connectivity index (χ1n) is 5.01. The van der Waals surface area contributed by atoms with Crippen molar-refractivity contribution in [3.8, 4) is 5.75 Å². The number of halogens is 1. The number of rotatable bonds is 4. The molecule has 0 saturated carbocycles. The molecule has 0 radical (unpaired) electrons. The van der Waals surface area contributed by atoms with E-state index in [2.05, 4.69) is 10.1 Å². The molecule has 94 valence electrons. The fraction of sp³-hybridized carbons (Fsp3) is 0.182. The number of carboxylic acid groups (broad SMARTS) is 1. The Morgan fingerprint density at radius 3 is 2.94 bits per heavy atom. The van der Waals surface area contributed by atoms with Crippen molar-refractivity contribution < 1.29 is 19.2 Å². The van der Waals surface area contributed by atoms with Gasteiger partial charge in [0.15, 0.2) is 6.61 Å². The minimum absolute atomic E-state index is 0.0677. The number of carboxylic acids is 1. The van der Waals surface area contributed by atoms with Gasteiger partial charge in [-0.3, -0.25) is 0 Å². The molecule has 0 aliphatic carbocycles. The monoisotopic (exact) mass is 360 g/mol. The Labute approximate surface area is 116 Å². The first-order chi connectivity index (χ1) is 8.56. The van der Waals surface area contributed by atoms with Crippen LogP contribution < -0.4 is 4.74 Å². The van der Waals surface area contributed by atoms with Crippen molar-refractivity contribution in [2.75, 3.05) is 0 Å². The molecule has 0 amide bonds. The zero-order chi connectivity index (χ0) is 13.1. The van der Waals surface area contributed by atoms with Gasteiger partial charge in [0.1, 0.15) is 11.3 Å². The second kappa shape index (κ2) is 5.34. The molecule has 0 bridgehead atoms. The van der Waals surface area contributed by atoms with Gasteiger partial charge >= 0.3 is 5.97 Å². The van der Waals surface area contributed by atoms with Crippen LogP contribution in [0.5, 0.6) is 5.75 Å². The summed E-state index contributed by atoms with van der Waals surface area (Å²) in [6, 6.07) is 4.92. The van der Waals surface area contributed by atoms with E-state index in [0.717, 1.165) is 3.57 Å². The fourth-order valence-corrected chi connectivity index (χ4v) is 1.83. The van der Waals surface area contributed by atoms with E-state index in [0.29, 0.717) is 11.7 Å². The van der Waals surface area contributed by atoms with Gasteiger partial charge in [0.2, 0.25) is 11.7 Å². The Kier molecular flexibility index (Phi) is 3.80. The van der Waals surface area contributed by atoms with Crippen LogP contribution in [0.1, 0.15) is 22.1 Å². The van der Waals surface area contributed by atoms with E-state index in [1.807, 2.05) is 22.6 Å². The summed E-state index contributed by atoms with van der Waals surface area (Å²) in [7, 11) is 0. The topological polar surface area (TPSA) is 85.5 Å². The number of benzene rings is 1. The molecule has 0 aliphatic heterocycles. The third kappa shape index (κ3) is 2.97. The summed E-state index contributed by atoms with van der Waals surface area (Å²) in [6.45, 7) is 1.74. The van der Waals surface area contributed by atoms with Crippen LogP contribution in [-0.2, 0) is 6.61 Å². The second-order valence-corrected chi connectivity index (χ2v) is 4.71. The lowest BCUT2D eigenvalue weighted by Gasteiger charge is -2.07. The van der Waals surface area contributed by atoms with Gasteiger partial charge in [0, 0.05) is 10.5 Å². The van der Waals surface area contributed by atoms with E-state index < -0.39 is 5.97 Å². The summed E-state index contributed by atoms with van der Waals surface area (Å²) >= 11 is 2.04. The summed E-state index contributed by atoms with van der Waals surface area (Å²) in [4.78, 5) is 15.0. The van der Waals surface area contributed by atoms with Crippen LogP contribution in [0.3, 0.4) is 0 Å². The predicted molar refractivity (Wildman–Crippen MR) is 69.5 cm³/mol. The number of aromatic carboxylic acids is 1. The summed E-state index contributed by atoms with van der Waals surface area (Å²) in [5, 5.41) is 12.7. The molecule has 1 heterocycles. The Morgan fingerprint density at radius 2 is 2.33 bits per heavy atom. The van der Waals surface area contributed by atoms with Crippen molar-refractivity contribution in [2.45, 2.75) is 13.5 Å². The Bertz CT molecular complexity index is 582. The molecule has 2 rings (SSSR count). The van der Waals surface area contributed by atoms with Gasteiger partial charge in [-0.2, -0.15) is 4.98 Å². The molecular weight excluding hydrogens is 351 g/mol. The van der Waals surface area contributed by atoms with Crippen molar-refractivity contribution in [3.63, 3.8) is 0 Å². The number of hydrogen-bond donors (Lipinski definition) is 1. The third-order valence-corrected chi connectivity index (χ3v) is 2.77. The largest absolute Gasteiger partial charge is 0.485 e. The molecule has 1 N–H and O–H groups in total. The molecule has 0 spiro atoms.